The van der Waals surface area contributed by atoms with E-state index < -0.39 is 8.25 Å². The minimum Gasteiger partial charge on any atom is -0.119 e. The van der Waals surface area contributed by atoms with Crippen molar-refractivity contribution in [2.75, 3.05) is 13.2 Å². The summed E-state index contributed by atoms with van der Waals surface area (Å²) in [6.45, 7) is 1.25. The quantitative estimate of drug-likeness (QED) is 0.602. The molecule has 0 bridgehead atoms. The lowest BCUT2D eigenvalue weighted by Gasteiger charge is -1.88. The maximum atomic E-state index is 11.0. The van der Waals surface area contributed by atoms with Gasteiger partial charge in [-0.15, -0.1) is 9.05 Å². The van der Waals surface area contributed by atoms with E-state index in [4.69, 9.17) is 9.05 Å². The molecule has 0 spiro atoms. The van der Waals surface area contributed by atoms with E-state index in [-0.39, 0.29) is 0 Å². The predicted molar refractivity (Wildman–Crippen MR) is 45.0 cm³/mol. The van der Waals surface area contributed by atoms with Crippen LogP contribution in [0.2, 0.25) is 0 Å². The lowest BCUT2D eigenvalue weighted by Crippen LogP contribution is -1.93. The van der Waals surface area contributed by atoms with E-state index in [1.165, 1.54) is 25.7 Å². The van der Waals surface area contributed by atoms with Crippen LogP contribution in [0.3, 0.4) is 0 Å². The van der Waals surface area contributed by atoms with Gasteiger partial charge in [0.25, 0.3) is 0 Å². The molecule has 3 nitrogen and oxygen atoms in total. The summed E-state index contributed by atoms with van der Waals surface area (Å²) in [6, 6.07) is 0. The van der Waals surface area contributed by atoms with Crippen LogP contribution in [0.4, 0.5) is 0 Å². The van der Waals surface area contributed by atoms with Crippen molar-refractivity contribution in [1.29, 1.82) is 0 Å². The van der Waals surface area contributed by atoms with Gasteiger partial charge < -0.3 is 0 Å². The second-order valence-electron chi connectivity index (χ2n) is 3.70. The van der Waals surface area contributed by atoms with Crippen molar-refractivity contribution in [2.45, 2.75) is 25.7 Å². The zero-order valence-electron chi connectivity index (χ0n) is 7.07. The van der Waals surface area contributed by atoms with Crippen molar-refractivity contribution in [3.05, 3.63) is 0 Å². The van der Waals surface area contributed by atoms with Gasteiger partial charge in [0, 0.05) is 4.57 Å². The normalized spacial score (nSPS) is 22.7. The van der Waals surface area contributed by atoms with Gasteiger partial charge in [-0.25, -0.2) is 0 Å². The molecule has 0 atom stereocenters. The van der Waals surface area contributed by atoms with Crippen LogP contribution in [0.15, 0.2) is 0 Å². The molecule has 0 heterocycles. The first kappa shape index (κ1) is 8.61. The fourth-order valence-electron chi connectivity index (χ4n) is 0.939. The first-order chi connectivity index (χ1) is 5.84. The Morgan fingerprint density at radius 1 is 1.00 bits per heavy atom. The van der Waals surface area contributed by atoms with Crippen LogP contribution in [-0.4, -0.2) is 13.2 Å². The standard InChI is InChI=1S/C8H14O3P/c9-12(10-5-7-1-2-7)11-6-8-3-4-8/h7-8H,1-6H2/q+1. The minimum absolute atomic E-state index is 0.625. The zero-order chi connectivity index (χ0) is 8.39. The van der Waals surface area contributed by atoms with Crippen molar-refractivity contribution in [2.24, 2.45) is 11.8 Å². The molecule has 0 saturated heterocycles. The Bertz CT molecular complexity index is 157. The van der Waals surface area contributed by atoms with Crippen molar-refractivity contribution in [3.8, 4) is 0 Å². The molecule has 0 radical (unpaired) electrons. The van der Waals surface area contributed by atoms with Gasteiger partial charge in [-0.05, 0) is 37.5 Å². The molecule has 0 N–H and O–H groups in total. The van der Waals surface area contributed by atoms with E-state index in [0.29, 0.717) is 25.0 Å². The monoisotopic (exact) mass is 189 g/mol. The third-order valence-electron chi connectivity index (χ3n) is 2.23. The molecular formula is C8H14O3P+. The third kappa shape index (κ3) is 3.18. The fraction of sp³-hybridized carbons (Fsp3) is 1.00. The summed E-state index contributed by atoms with van der Waals surface area (Å²) >= 11 is 0. The summed E-state index contributed by atoms with van der Waals surface area (Å²) in [5.74, 6) is 1.32. The van der Waals surface area contributed by atoms with Crippen LogP contribution in [0, 0.1) is 11.8 Å². The highest BCUT2D eigenvalue weighted by molar-refractivity contribution is 7.33. The van der Waals surface area contributed by atoms with Gasteiger partial charge in [-0.2, -0.15) is 0 Å². The number of hydrogen-bond acceptors (Lipinski definition) is 3. The summed E-state index contributed by atoms with van der Waals surface area (Å²) in [6.07, 6.45) is 4.91. The Morgan fingerprint density at radius 2 is 1.42 bits per heavy atom. The van der Waals surface area contributed by atoms with E-state index in [1.807, 2.05) is 0 Å². The van der Waals surface area contributed by atoms with Gasteiger partial charge in [0.1, 0.15) is 13.2 Å². The van der Waals surface area contributed by atoms with Crippen LogP contribution < -0.4 is 0 Å². The summed E-state index contributed by atoms with van der Waals surface area (Å²) < 4.78 is 21.1. The summed E-state index contributed by atoms with van der Waals surface area (Å²) in [5.41, 5.74) is 0. The second kappa shape index (κ2) is 3.82. The Hall–Kier alpha value is 0.0200. The van der Waals surface area contributed by atoms with Gasteiger partial charge in [0.2, 0.25) is 0 Å². The molecule has 2 aliphatic rings. The minimum atomic E-state index is -1.82. The van der Waals surface area contributed by atoms with Crippen LogP contribution in [0.1, 0.15) is 25.7 Å². The van der Waals surface area contributed by atoms with Gasteiger partial charge in [0.05, 0.1) is 0 Å². The smallest absolute Gasteiger partial charge is 0.119 e. The van der Waals surface area contributed by atoms with Crippen molar-refractivity contribution >= 4 is 8.25 Å². The molecule has 2 saturated carbocycles. The molecule has 2 aliphatic carbocycles. The molecular weight excluding hydrogens is 175 g/mol. The first-order valence-corrected chi connectivity index (χ1v) is 5.67. The Kier molecular flexibility index (Phi) is 2.74. The second-order valence-corrected chi connectivity index (χ2v) is 4.67. The highest BCUT2D eigenvalue weighted by Gasteiger charge is 2.31. The molecule has 0 aromatic carbocycles. The van der Waals surface area contributed by atoms with E-state index in [1.54, 1.807) is 0 Å². The summed E-state index contributed by atoms with van der Waals surface area (Å²) in [4.78, 5) is 0. The molecule has 2 fully saturated rings. The SMILES string of the molecule is O=[P+](OCC1CC1)OCC1CC1. The summed E-state index contributed by atoms with van der Waals surface area (Å²) in [7, 11) is -1.82. The molecule has 0 aromatic rings. The van der Waals surface area contributed by atoms with E-state index in [2.05, 4.69) is 0 Å². The van der Waals surface area contributed by atoms with Crippen LogP contribution >= 0.6 is 8.25 Å². The Labute approximate surface area is 73.4 Å². The molecule has 2 rings (SSSR count). The lowest BCUT2D eigenvalue weighted by molar-refractivity contribution is 0.212. The van der Waals surface area contributed by atoms with Gasteiger partial charge >= 0.3 is 8.25 Å². The topological polar surface area (TPSA) is 35.5 Å². The Balaban J connectivity index is 1.50. The average Bonchev–Trinajstić information content (AvgIpc) is 2.89. The lowest BCUT2D eigenvalue weighted by atomic mass is 10.5. The molecule has 0 aromatic heterocycles. The van der Waals surface area contributed by atoms with Gasteiger partial charge in [-0.1, -0.05) is 0 Å². The molecule has 0 amide bonds. The molecule has 0 unspecified atom stereocenters. The maximum absolute atomic E-state index is 11.0. The zero-order valence-corrected chi connectivity index (χ0v) is 7.96. The van der Waals surface area contributed by atoms with Crippen molar-refractivity contribution in [3.63, 3.8) is 0 Å². The molecule has 12 heavy (non-hydrogen) atoms. The third-order valence-corrected chi connectivity index (χ3v) is 2.94. The summed E-state index contributed by atoms with van der Waals surface area (Å²) in [5, 5.41) is 0. The highest BCUT2D eigenvalue weighted by Crippen LogP contribution is 2.36. The van der Waals surface area contributed by atoms with Gasteiger partial charge in [-0.3, -0.25) is 0 Å². The van der Waals surface area contributed by atoms with Crippen LogP contribution in [0.25, 0.3) is 0 Å². The fourth-order valence-corrected chi connectivity index (χ4v) is 1.68. The van der Waals surface area contributed by atoms with Gasteiger partial charge in [0.15, 0.2) is 0 Å². The highest BCUT2D eigenvalue weighted by atomic mass is 31.1. The van der Waals surface area contributed by atoms with Crippen molar-refractivity contribution < 1.29 is 13.6 Å². The molecule has 68 valence electrons. The van der Waals surface area contributed by atoms with Crippen LogP contribution in [-0.2, 0) is 13.6 Å². The number of hydrogen-bond donors (Lipinski definition) is 0. The predicted octanol–water partition coefficient (Wildman–Crippen LogP) is 2.50. The van der Waals surface area contributed by atoms with Crippen molar-refractivity contribution in [1.82, 2.24) is 0 Å². The first-order valence-electron chi connectivity index (χ1n) is 4.57. The average molecular weight is 189 g/mol. The Morgan fingerprint density at radius 3 is 1.75 bits per heavy atom. The molecule has 4 heteroatoms. The number of rotatable bonds is 6. The molecule has 0 aliphatic heterocycles. The maximum Gasteiger partial charge on any atom is 0.697 e. The van der Waals surface area contributed by atoms with E-state index in [9.17, 15) is 4.57 Å². The largest absolute Gasteiger partial charge is 0.697 e. The van der Waals surface area contributed by atoms with E-state index in [0.717, 1.165) is 0 Å². The van der Waals surface area contributed by atoms with Crippen LogP contribution in [0.5, 0.6) is 0 Å². The van der Waals surface area contributed by atoms with E-state index >= 15 is 0 Å².